The van der Waals surface area contributed by atoms with Crippen LogP contribution in [0.2, 0.25) is 0 Å². The molecule has 0 heterocycles. The van der Waals surface area contributed by atoms with E-state index < -0.39 is 5.82 Å². The zero-order valence-electron chi connectivity index (χ0n) is 15.5. The summed E-state index contributed by atoms with van der Waals surface area (Å²) in [6.45, 7) is 0.225. The molecule has 29 heavy (non-hydrogen) atoms. The minimum Gasteiger partial charge on any atom is -0.493 e. The van der Waals surface area contributed by atoms with E-state index in [-0.39, 0.29) is 23.6 Å². The van der Waals surface area contributed by atoms with Crippen LogP contribution >= 0.6 is 15.9 Å². The molecule has 3 nitrogen and oxygen atoms in total. The zero-order valence-corrected chi connectivity index (χ0v) is 17.0. The summed E-state index contributed by atoms with van der Waals surface area (Å²) >= 11 is 3.46. The second kappa shape index (κ2) is 9.35. The first-order valence-electron chi connectivity index (χ1n) is 8.63. The van der Waals surface area contributed by atoms with E-state index in [0.717, 1.165) is 5.56 Å². The smallest absolute Gasteiger partial charge is 0.175 e. The van der Waals surface area contributed by atoms with Crippen LogP contribution in [-0.4, -0.2) is 7.11 Å². The molecule has 0 fully saturated rings. The number of hydrogen-bond acceptors (Lipinski definition) is 3. The van der Waals surface area contributed by atoms with Gasteiger partial charge in [0.25, 0.3) is 0 Å². The minimum absolute atomic E-state index is 0.192. The average molecular weight is 456 g/mol. The van der Waals surface area contributed by atoms with Gasteiger partial charge in [-0.05, 0) is 63.5 Å². The summed E-state index contributed by atoms with van der Waals surface area (Å²) < 4.78 is 38.9. The van der Waals surface area contributed by atoms with Gasteiger partial charge in [0.05, 0.1) is 23.2 Å². The van der Waals surface area contributed by atoms with Crippen molar-refractivity contribution in [2.75, 3.05) is 7.11 Å². The third kappa shape index (κ3) is 5.01. The molecule has 3 aromatic carbocycles. The number of methoxy groups -OCH3 is 1. The van der Waals surface area contributed by atoms with Gasteiger partial charge in [0.2, 0.25) is 0 Å². The number of rotatable bonds is 6. The van der Waals surface area contributed by atoms with Gasteiger partial charge in [0, 0.05) is 5.56 Å². The van der Waals surface area contributed by atoms with Gasteiger partial charge in [-0.1, -0.05) is 30.3 Å². The maximum atomic E-state index is 14.0. The summed E-state index contributed by atoms with van der Waals surface area (Å²) in [7, 11) is 1.50. The molecule has 0 radical (unpaired) electrons. The van der Waals surface area contributed by atoms with Gasteiger partial charge in [-0.15, -0.1) is 0 Å². The Morgan fingerprint density at radius 3 is 2.48 bits per heavy atom. The molecule has 0 atom stereocenters. The van der Waals surface area contributed by atoms with E-state index in [1.165, 1.54) is 25.3 Å². The first-order chi connectivity index (χ1) is 14.0. The third-order valence-corrected chi connectivity index (χ3v) is 4.73. The molecule has 6 heteroatoms. The van der Waals surface area contributed by atoms with Gasteiger partial charge >= 0.3 is 0 Å². The second-order valence-corrected chi connectivity index (χ2v) is 6.95. The number of halogens is 3. The molecule has 3 rings (SSSR count). The van der Waals surface area contributed by atoms with Crippen molar-refractivity contribution in [1.82, 2.24) is 0 Å². The summed E-state index contributed by atoms with van der Waals surface area (Å²) in [4.78, 5) is 0. The van der Waals surface area contributed by atoms with Crippen LogP contribution < -0.4 is 9.47 Å². The van der Waals surface area contributed by atoms with Crippen molar-refractivity contribution in [3.8, 4) is 17.6 Å². The van der Waals surface area contributed by atoms with Crippen LogP contribution in [0.15, 0.2) is 65.1 Å². The summed E-state index contributed by atoms with van der Waals surface area (Å²) in [5, 5.41) is 9.47. The van der Waals surface area contributed by atoms with Gasteiger partial charge in [-0.2, -0.15) is 5.26 Å². The summed E-state index contributed by atoms with van der Waals surface area (Å²) in [5.41, 5.74) is 1.86. The lowest BCUT2D eigenvalue weighted by atomic mass is 10.0. The fourth-order valence-electron chi connectivity index (χ4n) is 2.72. The van der Waals surface area contributed by atoms with E-state index in [1.807, 2.05) is 6.07 Å². The largest absolute Gasteiger partial charge is 0.493 e. The van der Waals surface area contributed by atoms with Gasteiger partial charge < -0.3 is 9.47 Å². The molecular weight excluding hydrogens is 440 g/mol. The van der Waals surface area contributed by atoms with E-state index in [9.17, 15) is 14.0 Å². The molecule has 3 aromatic rings. The van der Waals surface area contributed by atoms with Crippen molar-refractivity contribution in [1.29, 1.82) is 5.26 Å². The quantitative estimate of drug-likeness (QED) is 0.319. The Labute approximate surface area is 175 Å². The van der Waals surface area contributed by atoms with E-state index in [4.69, 9.17) is 9.47 Å². The lowest BCUT2D eigenvalue weighted by Crippen LogP contribution is -1.99. The Kier molecular flexibility index (Phi) is 6.63. The van der Waals surface area contributed by atoms with Gasteiger partial charge in [0.15, 0.2) is 11.5 Å². The van der Waals surface area contributed by atoms with Crippen molar-refractivity contribution >= 4 is 27.6 Å². The first-order valence-corrected chi connectivity index (χ1v) is 9.42. The third-order valence-electron chi connectivity index (χ3n) is 4.14. The lowest BCUT2D eigenvalue weighted by molar-refractivity contribution is 0.282. The predicted molar refractivity (Wildman–Crippen MR) is 111 cm³/mol. The summed E-state index contributed by atoms with van der Waals surface area (Å²) in [6.07, 6.45) is 1.58. The number of hydrogen-bond donors (Lipinski definition) is 0. The highest BCUT2D eigenvalue weighted by Gasteiger charge is 2.13. The van der Waals surface area contributed by atoms with Crippen molar-refractivity contribution in [3.63, 3.8) is 0 Å². The van der Waals surface area contributed by atoms with Crippen molar-refractivity contribution in [3.05, 3.63) is 93.5 Å². The average Bonchev–Trinajstić information content (AvgIpc) is 2.72. The van der Waals surface area contributed by atoms with Gasteiger partial charge in [0.1, 0.15) is 18.2 Å². The Balaban J connectivity index is 1.90. The molecule has 0 amide bonds. The van der Waals surface area contributed by atoms with Crippen molar-refractivity contribution in [2.45, 2.75) is 6.61 Å². The van der Waals surface area contributed by atoms with Crippen LogP contribution in [0, 0.1) is 23.0 Å². The molecule has 146 valence electrons. The van der Waals surface area contributed by atoms with E-state index in [0.29, 0.717) is 21.5 Å². The monoisotopic (exact) mass is 455 g/mol. The number of nitrogens with zero attached hydrogens (tertiary/aromatic N) is 1. The highest BCUT2D eigenvalue weighted by Crippen LogP contribution is 2.38. The standard InChI is InChI=1S/C23H16BrF2NO2/c1-28-22-12-16(10-17(13-27)19-4-2-3-5-21(19)26)11-20(24)23(22)29-14-15-6-8-18(25)9-7-15/h2-12H,14H2,1H3. The van der Waals surface area contributed by atoms with Crippen LogP contribution in [0.5, 0.6) is 11.5 Å². The lowest BCUT2D eigenvalue weighted by Gasteiger charge is -2.14. The first kappa shape index (κ1) is 20.6. The molecular formula is C23H16BrF2NO2. The Bertz CT molecular complexity index is 1090. The molecule has 0 unspecified atom stereocenters. The molecule has 0 saturated carbocycles. The van der Waals surface area contributed by atoms with E-state index in [2.05, 4.69) is 15.9 Å². The highest BCUT2D eigenvalue weighted by molar-refractivity contribution is 9.10. The predicted octanol–water partition coefficient (Wildman–Crippen LogP) is 6.38. The van der Waals surface area contributed by atoms with Crippen LogP contribution in [-0.2, 0) is 6.61 Å². The van der Waals surface area contributed by atoms with Crippen LogP contribution in [0.3, 0.4) is 0 Å². The van der Waals surface area contributed by atoms with Gasteiger partial charge in [-0.25, -0.2) is 8.78 Å². The summed E-state index contributed by atoms with van der Waals surface area (Å²) in [5.74, 6) is 0.134. The summed E-state index contributed by atoms with van der Waals surface area (Å²) in [6, 6.07) is 17.6. The molecule has 0 aromatic heterocycles. The van der Waals surface area contributed by atoms with Crippen LogP contribution in [0.4, 0.5) is 8.78 Å². The Morgan fingerprint density at radius 2 is 1.83 bits per heavy atom. The molecule has 0 saturated heterocycles. The number of allylic oxidation sites excluding steroid dienone is 1. The maximum absolute atomic E-state index is 14.0. The van der Waals surface area contributed by atoms with Gasteiger partial charge in [-0.3, -0.25) is 0 Å². The number of benzene rings is 3. The van der Waals surface area contributed by atoms with Crippen molar-refractivity contribution < 1.29 is 18.3 Å². The molecule has 0 aliphatic carbocycles. The van der Waals surface area contributed by atoms with E-state index >= 15 is 0 Å². The van der Waals surface area contributed by atoms with Crippen molar-refractivity contribution in [2.24, 2.45) is 0 Å². The topological polar surface area (TPSA) is 42.2 Å². The Hall–Kier alpha value is -3.17. The normalized spacial score (nSPS) is 11.1. The number of ether oxygens (including phenoxy) is 2. The second-order valence-electron chi connectivity index (χ2n) is 6.10. The van der Waals surface area contributed by atoms with Crippen LogP contribution in [0.25, 0.3) is 11.6 Å². The number of nitriles is 1. The Morgan fingerprint density at radius 1 is 1.10 bits per heavy atom. The zero-order chi connectivity index (χ0) is 20.8. The minimum atomic E-state index is -0.467. The maximum Gasteiger partial charge on any atom is 0.175 e. The van der Waals surface area contributed by atoms with Crippen LogP contribution in [0.1, 0.15) is 16.7 Å². The molecule has 0 N–H and O–H groups in total. The SMILES string of the molecule is COc1cc(C=C(C#N)c2ccccc2F)cc(Br)c1OCc1ccc(F)cc1. The fourth-order valence-corrected chi connectivity index (χ4v) is 3.29. The molecule has 0 spiro atoms. The fraction of sp³-hybridized carbons (Fsp3) is 0.0870. The van der Waals surface area contributed by atoms with E-state index in [1.54, 1.807) is 48.5 Å². The molecule has 0 aliphatic rings. The molecule has 0 aliphatic heterocycles. The highest BCUT2D eigenvalue weighted by atomic mass is 79.9. The molecule has 0 bridgehead atoms.